The number of benzene rings is 1. The number of carbonyl (C=O) groups is 1. The Hall–Kier alpha value is -3.89. The van der Waals surface area contributed by atoms with Crippen LogP contribution < -0.4 is 10.2 Å². The summed E-state index contributed by atoms with van der Waals surface area (Å²) in [6.45, 7) is 7.41. The van der Waals surface area contributed by atoms with Crippen LogP contribution in [0.3, 0.4) is 0 Å². The molecule has 1 amide bonds. The lowest BCUT2D eigenvalue weighted by molar-refractivity contribution is -0.138. The average Bonchev–Trinajstić information content (AvgIpc) is 3.32. The molecule has 1 N–H and O–H groups in total. The number of amides is 1. The van der Waals surface area contributed by atoms with Gasteiger partial charge < -0.3 is 15.1 Å². The number of rotatable bonds is 4. The zero-order valence-corrected chi connectivity index (χ0v) is 20.2. The summed E-state index contributed by atoms with van der Waals surface area (Å²) in [5, 5.41) is 4.10. The molecule has 4 heterocycles. The fraction of sp³-hybridized carbons (Fsp3) is 0.360. The second-order valence-electron chi connectivity index (χ2n) is 8.99. The van der Waals surface area contributed by atoms with Crippen molar-refractivity contribution in [2.75, 3.05) is 36.4 Å². The van der Waals surface area contributed by atoms with E-state index in [-0.39, 0.29) is 11.5 Å². The lowest BCUT2D eigenvalue weighted by Crippen LogP contribution is -2.48. The van der Waals surface area contributed by atoms with Gasteiger partial charge >= 0.3 is 6.18 Å². The predicted octanol–water partition coefficient (Wildman–Crippen LogP) is 4.45. The summed E-state index contributed by atoms with van der Waals surface area (Å²) in [5.74, 6) is 1.78. The van der Waals surface area contributed by atoms with Crippen molar-refractivity contribution in [3.8, 4) is 0 Å². The Bertz CT molecular complexity index is 1440. The van der Waals surface area contributed by atoms with Gasteiger partial charge in [-0.05, 0) is 37.1 Å². The van der Waals surface area contributed by atoms with Gasteiger partial charge in [0.2, 0.25) is 11.7 Å². The van der Waals surface area contributed by atoms with E-state index in [0.717, 1.165) is 22.8 Å². The SMILES string of the molecule is CC(=O)N1CCN(c2cc3c(NC(C)c4cccc(C(F)(F)F)c4C)nc4nccn4c3cn2)CC1. The number of pyridine rings is 1. The molecule has 0 spiro atoms. The average molecular weight is 498 g/mol. The van der Waals surface area contributed by atoms with Crippen molar-refractivity contribution in [3.63, 3.8) is 0 Å². The molecule has 11 heteroatoms. The molecule has 3 aromatic heterocycles. The van der Waals surface area contributed by atoms with Crippen LogP contribution in [0.2, 0.25) is 0 Å². The number of alkyl halides is 3. The van der Waals surface area contributed by atoms with E-state index in [4.69, 9.17) is 0 Å². The van der Waals surface area contributed by atoms with Gasteiger partial charge in [-0.1, -0.05) is 12.1 Å². The summed E-state index contributed by atoms with van der Waals surface area (Å²) >= 11 is 0. The number of piperazine rings is 1. The van der Waals surface area contributed by atoms with Gasteiger partial charge in [0, 0.05) is 50.9 Å². The molecule has 1 aliphatic heterocycles. The van der Waals surface area contributed by atoms with Crippen LogP contribution in [-0.2, 0) is 11.0 Å². The summed E-state index contributed by atoms with van der Waals surface area (Å²) < 4.78 is 42.3. The van der Waals surface area contributed by atoms with Crippen LogP contribution in [0.4, 0.5) is 24.8 Å². The lowest BCUT2D eigenvalue weighted by atomic mass is 9.97. The number of imidazole rings is 1. The maximum absolute atomic E-state index is 13.5. The largest absolute Gasteiger partial charge is 0.416 e. The van der Waals surface area contributed by atoms with Crippen LogP contribution in [0.1, 0.15) is 36.6 Å². The molecule has 1 fully saturated rings. The van der Waals surface area contributed by atoms with Gasteiger partial charge in [0.05, 0.1) is 23.3 Å². The number of nitrogens with one attached hydrogen (secondary N) is 1. The van der Waals surface area contributed by atoms with Crippen molar-refractivity contribution in [2.45, 2.75) is 33.0 Å². The first-order valence-electron chi connectivity index (χ1n) is 11.7. The fourth-order valence-corrected chi connectivity index (χ4v) is 4.79. The highest BCUT2D eigenvalue weighted by atomic mass is 19.4. The third-order valence-corrected chi connectivity index (χ3v) is 6.77. The number of hydrogen-bond donors (Lipinski definition) is 1. The standard InChI is InChI=1S/C25H26F3N7O/c1-15-18(5-4-6-20(15)25(26,27)28)16(2)31-23-19-13-22(34-11-9-33(10-12-34)17(3)36)30-14-21(19)35-8-7-29-24(35)32-23/h4-8,13-14,16H,9-12H2,1-3H3,(H,29,31,32). The van der Waals surface area contributed by atoms with E-state index < -0.39 is 17.8 Å². The number of halogens is 3. The minimum atomic E-state index is -4.42. The summed E-state index contributed by atoms with van der Waals surface area (Å²) in [6, 6.07) is 5.70. The van der Waals surface area contributed by atoms with Gasteiger partial charge in [-0.15, -0.1) is 0 Å². The highest BCUT2D eigenvalue weighted by Crippen LogP contribution is 2.36. The van der Waals surface area contributed by atoms with Gasteiger partial charge in [-0.25, -0.2) is 9.97 Å². The van der Waals surface area contributed by atoms with Crippen molar-refractivity contribution in [1.82, 2.24) is 24.3 Å². The molecule has 8 nitrogen and oxygen atoms in total. The fourth-order valence-electron chi connectivity index (χ4n) is 4.79. The summed E-state index contributed by atoms with van der Waals surface area (Å²) in [5.41, 5.74) is 0.852. The van der Waals surface area contributed by atoms with Crippen LogP contribution in [0.15, 0.2) is 42.9 Å². The van der Waals surface area contributed by atoms with Gasteiger partial charge in [-0.3, -0.25) is 9.20 Å². The molecule has 0 saturated carbocycles. The normalized spacial score (nSPS) is 15.5. The monoisotopic (exact) mass is 497 g/mol. The van der Waals surface area contributed by atoms with Crippen molar-refractivity contribution in [2.24, 2.45) is 0 Å². The Kier molecular flexibility index (Phi) is 5.93. The summed E-state index contributed by atoms with van der Waals surface area (Å²) in [7, 11) is 0. The van der Waals surface area contributed by atoms with Crippen molar-refractivity contribution >= 4 is 34.2 Å². The number of carbonyl (C=O) groups excluding carboxylic acids is 1. The minimum absolute atomic E-state index is 0.0539. The zero-order valence-electron chi connectivity index (χ0n) is 20.2. The second-order valence-corrected chi connectivity index (χ2v) is 8.99. The van der Waals surface area contributed by atoms with Crippen LogP contribution in [-0.4, -0.2) is 56.3 Å². The number of anilines is 2. The molecular weight excluding hydrogens is 471 g/mol. The van der Waals surface area contributed by atoms with Crippen LogP contribution in [0.5, 0.6) is 0 Å². The second kappa shape index (κ2) is 8.96. The minimum Gasteiger partial charge on any atom is -0.363 e. The molecule has 0 radical (unpaired) electrons. The molecule has 1 unspecified atom stereocenters. The first-order chi connectivity index (χ1) is 17.1. The number of hydrogen-bond acceptors (Lipinski definition) is 6. The molecule has 1 aliphatic rings. The van der Waals surface area contributed by atoms with Gasteiger partial charge in [0.25, 0.3) is 0 Å². The van der Waals surface area contributed by atoms with E-state index in [1.807, 2.05) is 17.4 Å². The van der Waals surface area contributed by atoms with Crippen molar-refractivity contribution in [1.29, 1.82) is 0 Å². The summed E-state index contributed by atoms with van der Waals surface area (Å²) in [6.07, 6.45) is 0.763. The third-order valence-electron chi connectivity index (χ3n) is 6.77. The van der Waals surface area contributed by atoms with E-state index in [0.29, 0.717) is 43.3 Å². The van der Waals surface area contributed by atoms with Crippen molar-refractivity contribution < 1.29 is 18.0 Å². The van der Waals surface area contributed by atoms with Crippen LogP contribution in [0, 0.1) is 6.92 Å². The first-order valence-corrected chi connectivity index (χ1v) is 11.7. The highest BCUT2D eigenvalue weighted by Gasteiger charge is 2.33. The molecule has 1 atom stereocenters. The Labute approximate surface area is 205 Å². The highest BCUT2D eigenvalue weighted by molar-refractivity contribution is 5.92. The van der Waals surface area contributed by atoms with E-state index in [2.05, 4.69) is 25.2 Å². The van der Waals surface area contributed by atoms with Gasteiger partial charge in [-0.2, -0.15) is 18.2 Å². The zero-order chi connectivity index (χ0) is 25.6. The molecule has 1 saturated heterocycles. The maximum Gasteiger partial charge on any atom is 0.416 e. The molecular formula is C25H26F3N7O. The van der Waals surface area contributed by atoms with Gasteiger partial charge in [0.1, 0.15) is 11.6 Å². The molecule has 188 valence electrons. The number of nitrogens with zero attached hydrogens (tertiary/aromatic N) is 6. The first kappa shape index (κ1) is 23.8. The van der Waals surface area contributed by atoms with E-state index in [1.54, 1.807) is 36.5 Å². The Morgan fingerprint density at radius 3 is 2.58 bits per heavy atom. The molecule has 5 rings (SSSR count). The Balaban J connectivity index is 1.53. The van der Waals surface area contributed by atoms with Crippen molar-refractivity contribution in [3.05, 3.63) is 59.5 Å². The van der Waals surface area contributed by atoms with E-state index in [1.165, 1.54) is 13.0 Å². The van der Waals surface area contributed by atoms with E-state index >= 15 is 0 Å². The maximum atomic E-state index is 13.5. The topological polar surface area (TPSA) is 78.7 Å². The Morgan fingerprint density at radius 1 is 1.14 bits per heavy atom. The predicted molar refractivity (Wildman–Crippen MR) is 131 cm³/mol. The summed E-state index contributed by atoms with van der Waals surface area (Å²) in [4.78, 5) is 29.2. The van der Waals surface area contributed by atoms with Crippen LogP contribution in [0.25, 0.3) is 16.7 Å². The van der Waals surface area contributed by atoms with E-state index in [9.17, 15) is 18.0 Å². The van der Waals surface area contributed by atoms with Crippen LogP contribution >= 0.6 is 0 Å². The third kappa shape index (κ3) is 4.29. The molecule has 4 aromatic rings. The Morgan fingerprint density at radius 2 is 1.89 bits per heavy atom. The molecule has 0 aliphatic carbocycles. The lowest BCUT2D eigenvalue weighted by Gasteiger charge is -2.35. The smallest absolute Gasteiger partial charge is 0.363 e. The van der Waals surface area contributed by atoms with Gasteiger partial charge in [0.15, 0.2) is 0 Å². The number of aromatic nitrogens is 4. The molecule has 0 bridgehead atoms. The molecule has 36 heavy (non-hydrogen) atoms. The number of fused-ring (bicyclic) bond motifs is 3. The quantitative estimate of drug-likeness (QED) is 0.449. The molecule has 1 aromatic carbocycles.